The second-order valence-electron chi connectivity index (χ2n) is 18.7. The van der Waals surface area contributed by atoms with E-state index in [1.54, 1.807) is 0 Å². The van der Waals surface area contributed by atoms with E-state index < -0.39 is 0 Å². The summed E-state index contributed by atoms with van der Waals surface area (Å²) in [6.45, 7) is 12.4. The summed E-state index contributed by atoms with van der Waals surface area (Å²) in [6, 6.07) is 0.834. The van der Waals surface area contributed by atoms with E-state index in [-0.39, 0.29) is 0 Å². The molecule has 0 aromatic rings. The van der Waals surface area contributed by atoms with E-state index in [0.29, 0.717) is 0 Å². The largest absolute Gasteiger partial charge is 0.324 e. The van der Waals surface area contributed by atoms with Crippen molar-refractivity contribution in [2.75, 3.05) is 20.1 Å². The quantitative estimate of drug-likeness (QED) is 0.0430. The van der Waals surface area contributed by atoms with Crippen molar-refractivity contribution in [2.24, 2.45) is 0 Å². The first-order valence-electron chi connectivity index (χ1n) is 25.9. The standard InChI is InChI=1S/C52H108N/c1-6-9-12-15-18-21-24-27-30-31-34-37-40-43-46-49-52(4)53(5,50-47-44-41-38-35-32-28-25-22-19-16-13-10-7-2)51-48-45-42-39-36-33-29-26-23-20-17-14-11-8-3/h52H,6-51H2,1-5H3/q+1. The minimum atomic E-state index is 0.834. The zero-order valence-corrected chi connectivity index (χ0v) is 38.6. The molecular weight excluding hydrogens is 639 g/mol. The second kappa shape index (κ2) is 44.7. The smallest absolute Gasteiger partial charge is 0.0859 e. The molecule has 0 amide bonds. The van der Waals surface area contributed by atoms with Gasteiger partial charge >= 0.3 is 0 Å². The third kappa shape index (κ3) is 40.0. The van der Waals surface area contributed by atoms with Crippen LogP contribution in [0.15, 0.2) is 0 Å². The molecule has 0 saturated heterocycles. The number of quaternary nitrogens is 1. The highest BCUT2D eigenvalue weighted by molar-refractivity contribution is 4.59. The fourth-order valence-corrected chi connectivity index (χ4v) is 9.01. The number of unbranched alkanes of at least 4 members (excludes halogenated alkanes) is 40. The average Bonchev–Trinajstić information content (AvgIpc) is 3.16. The van der Waals surface area contributed by atoms with Crippen LogP contribution in [0.4, 0.5) is 0 Å². The summed E-state index contributed by atoms with van der Waals surface area (Å²) < 4.78 is 1.36. The zero-order chi connectivity index (χ0) is 38.6. The lowest BCUT2D eigenvalue weighted by Gasteiger charge is -2.41. The van der Waals surface area contributed by atoms with Gasteiger partial charge in [-0.05, 0) is 45.4 Å². The molecule has 0 fully saturated rings. The summed E-state index contributed by atoms with van der Waals surface area (Å²) in [5, 5.41) is 0. The van der Waals surface area contributed by atoms with Gasteiger partial charge in [0.2, 0.25) is 0 Å². The first kappa shape index (κ1) is 53.0. The Labute approximate surface area is 339 Å². The van der Waals surface area contributed by atoms with Crippen molar-refractivity contribution in [3.63, 3.8) is 0 Å². The van der Waals surface area contributed by atoms with E-state index in [1.807, 2.05) is 0 Å². The highest BCUT2D eigenvalue weighted by atomic mass is 15.3. The SMILES string of the molecule is CCCCCCCCCCCCCCCCCC(C)[N+](C)(CCCCCCCCCCCCCCCC)CCCCCCCCCCCCCCCC. The average molecular weight is 747 g/mol. The van der Waals surface area contributed by atoms with Crippen molar-refractivity contribution in [2.45, 2.75) is 316 Å². The Bertz CT molecular complexity index is 609. The van der Waals surface area contributed by atoms with Gasteiger partial charge in [-0.3, -0.25) is 0 Å². The Kier molecular flexibility index (Phi) is 44.6. The van der Waals surface area contributed by atoms with Crippen molar-refractivity contribution in [1.29, 1.82) is 0 Å². The molecule has 0 aliphatic heterocycles. The van der Waals surface area contributed by atoms with Gasteiger partial charge in [0, 0.05) is 0 Å². The van der Waals surface area contributed by atoms with Gasteiger partial charge in [0.05, 0.1) is 26.2 Å². The summed E-state index contributed by atoms with van der Waals surface area (Å²) in [4.78, 5) is 0. The number of hydrogen-bond donors (Lipinski definition) is 0. The molecule has 0 spiro atoms. The van der Waals surface area contributed by atoms with Crippen LogP contribution in [0.2, 0.25) is 0 Å². The molecule has 53 heavy (non-hydrogen) atoms. The third-order valence-corrected chi connectivity index (χ3v) is 13.3. The molecule has 0 radical (unpaired) electrons. The number of rotatable bonds is 47. The molecule has 0 saturated carbocycles. The van der Waals surface area contributed by atoms with Gasteiger partial charge < -0.3 is 4.48 Å². The zero-order valence-electron chi connectivity index (χ0n) is 38.6. The van der Waals surface area contributed by atoms with Crippen LogP contribution in [0.3, 0.4) is 0 Å². The van der Waals surface area contributed by atoms with Crippen molar-refractivity contribution in [3.05, 3.63) is 0 Å². The summed E-state index contributed by atoms with van der Waals surface area (Å²) >= 11 is 0. The van der Waals surface area contributed by atoms with E-state index >= 15 is 0 Å². The lowest BCUT2D eigenvalue weighted by Crippen LogP contribution is -2.52. The summed E-state index contributed by atoms with van der Waals surface area (Å²) in [7, 11) is 2.65. The predicted octanol–water partition coefficient (Wildman–Crippen LogP) is 19.0. The van der Waals surface area contributed by atoms with Crippen LogP contribution in [0.1, 0.15) is 310 Å². The molecule has 0 aliphatic carbocycles. The topological polar surface area (TPSA) is 0 Å². The lowest BCUT2D eigenvalue weighted by molar-refractivity contribution is -0.932. The van der Waals surface area contributed by atoms with Crippen molar-refractivity contribution < 1.29 is 4.48 Å². The second-order valence-corrected chi connectivity index (χ2v) is 18.7. The van der Waals surface area contributed by atoms with Crippen LogP contribution >= 0.6 is 0 Å². The maximum atomic E-state index is 2.65. The van der Waals surface area contributed by atoms with Gasteiger partial charge in [0.25, 0.3) is 0 Å². The molecule has 0 bridgehead atoms. The van der Waals surface area contributed by atoms with E-state index in [1.165, 1.54) is 300 Å². The monoisotopic (exact) mass is 747 g/mol. The highest BCUT2D eigenvalue weighted by Gasteiger charge is 2.27. The van der Waals surface area contributed by atoms with Crippen molar-refractivity contribution in [3.8, 4) is 0 Å². The molecule has 0 aromatic heterocycles. The summed E-state index contributed by atoms with van der Waals surface area (Å²) in [6.07, 6.45) is 64.6. The van der Waals surface area contributed by atoms with Crippen LogP contribution in [-0.2, 0) is 0 Å². The van der Waals surface area contributed by atoms with Crippen LogP contribution in [0.5, 0.6) is 0 Å². The van der Waals surface area contributed by atoms with E-state index in [0.717, 1.165) is 6.04 Å². The van der Waals surface area contributed by atoms with Gasteiger partial charge in [0.15, 0.2) is 0 Å². The Balaban J connectivity index is 4.20. The van der Waals surface area contributed by atoms with Crippen LogP contribution in [0, 0.1) is 0 Å². The molecule has 320 valence electrons. The Morgan fingerprint density at radius 1 is 0.245 bits per heavy atom. The molecule has 1 nitrogen and oxygen atoms in total. The Hall–Kier alpha value is -0.0400. The molecule has 1 unspecified atom stereocenters. The minimum absolute atomic E-state index is 0.834. The van der Waals surface area contributed by atoms with E-state index in [9.17, 15) is 0 Å². The van der Waals surface area contributed by atoms with Gasteiger partial charge in [-0.25, -0.2) is 0 Å². The molecule has 0 N–H and O–H groups in total. The van der Waals surface area contributed by atoms with Crippen LogP contribution in [0.25, 0.3) is 0 Å². The molecular formula is C52H108N+. The molecule has 0 heterocycles. The first-order valence-corrected chi connectivity index (χ1v) is 25.9. The fraction of sp³-hybridized carbons (Fsp3) is 1.00. The van der Waals surface area contributed by atoms with Gasteiger partial charge in [-0.2, -0.15) is 0 Å². The highest BCUT2D eigenvalue weighted by Crippen LogP contribution is 2.23. The molecule has 1 atom stereocenters. The Morgan fingerprint density at radius 2 is 0.415 bits per heavy atom. The number of hydrogen-bond acceptors (Lipinski definition) is 0. The van der Waals surface area contributed by atoms with Gasteiger partial charge in [-0.1, -0.05) is 265 Å². The van der Waals surface area contributed by atoms with Gasteiger partial charge in [0.1, 0.15) is 0 Å². The number of nitrogens with zero attached hydrogens (tertiary/aromatic N) is 1. The maximum Gasteiger partial charge on any atom is 0.0859 e. The van der Waals surface area contributed by atoms with Crippen molar-refractivity contribution >= 4 is 0 Å². The maximum absolute atomic E-state index is 2.65. The van der Waals surface area contributed by atoms with Crippen molar-refractivity contribution in [1.82, 2.24) is 0 Å². The van der Waals surface area contributed by atoms with Crippen LogP contribution < -0.4 is 0 Å². The lowest BCUT2D eigenvalue weighted by atomic mass is 10.0. The summed E-state index contributed by atoms with van der Waals surface area (Å²) in [5.41, 5.74) is 0. The first-order chi connectivity index (χ1) is 26.1. The molecule has 0 rings (SSSR count). The van der Waals surface area contributed by atoms with E-state index in [2.05, 4.69) is 34.7 Å². The molecule has 0 aromatic carbocycles. The van der Waals surface area contributed by atoms with Gasteiger partial charge in [-0.15, -0.1) is 0 Å². The van der Waals surface area contributed by atoms with E-state index in [4.69, 9.17) is 0 Å². The molecule has 0 aliphatic rings. The Morgan fingerprint density at radius 3 is 0.623 bits per heavy atom. The third-order valence-electron chi connectivity index (χ3n) is 13.3. The van der Waals surface area contributed by atoms with Crippen LogP contribution in [-0.4, -0.2) is 30.7 Å². The summed E-state index contributed by atoms with van der Waals surface area (Å²) in [5.74, 6) is 0. The fourth-order valence-electron chi connectivity index (χ4n) is 9.01. The molecule has 1 heteroatoms. The predicted molar refractivity (Wildman–Crippen MR) is 246 cm³/mol. The normalized spacial score (nSPS) is 12.6. The minimum Gasteiger partial charge on any atom is -0.324 e.